The average Bonchev–Trinajstić information content (AvgIpc) is 3.15. The number of unbranched alkanes of at least 4 members (excludes halogenated alkanes) is 17. The van der Waals surface area contributed by atoms with Crippen molar-refractivity contribution in [1.82, 2.24) is 4.98 Å². The molecule has 0 radical (unpaired) electrons. The maximum atomic E-state index is 3.48. The van der Waals surface area contributed by atoms with Crippen LogP contribution in [0.15, 0.2) is 12.4 Å². The maximum absolute atomic E-state index is 3.48. The number of nitrogens with one attached hydrogen (secondary N) is 1. The highest BCUT2D eigenvalue weighted by Crippen LogP contribution is 2.12. The zero-order valence-corrected chi connectivity index (χ0v) is 19.5. The Morgan fingerprint density at radius 3 is 1.50 bits per heavy atom. The molecule has 1 aromatic heterocycles. The molecule has 1 rings (SSSR count). The van der Waals surface area contributed by atoms with Gasteiger partial charge in [0.1, 0.15) is 12.4 Å². The van der Waals surface area contributed by atoms with E-state index in [2.05, 4.69) is 35.8 Å². The third-order valence-corrected chi connectivity index (χ3v) is 6.12. The van der Waals surface area contributed by atoms with Crippen molar-refractivity contribution in [2.45, 2.75) is 149 Å². The van der Waals surface area contributed by atoms with Gasteiger partial charge >= 0.3 is 0 Å². The summed E-state index contributed by atoms with van der Waals surface area (Å²) in [7, 11) is 0. The standard InChI is InChI=1S/C26H50N2/c1-3-5-7-9-11-13-15-17-19-21-24-28-25-23-27-26(28)22-20-18-16-14-12-10-8-6-4-2/h23,25H,3-22,24H2,1-2H3/p+1. The normalized spacial score (nSPS) is 11.4. The summed E-state index contributed by atoms with van der Waals surface area (Å²) in [5.74, 6) is 1.44. The molecule has 2 nitrogen and oxygen atoms in total. The van der Waals surface area contributed by atoms with E-state index in [1.54, 1.807) is 0 Å². The Morgan fingerprint density at radius 1 is 0.571 bits per heavy atom. The van der Waals surface area contributed by atoms with Gasteiger partial charge < -0.3 is 0 Å². The molecule has 164 valence electrons. The maximum Gasteiger partial charge on any atom is 0.254 e. The largest absolute Gasteiger partial charge is 0.254 e. The van der Waals surface area contributed by atoms with E-state index in [1.165, 1.54) is 141 Å². The number of aromatic nitrogens is 2. The average molecular weight is 392 g/mol. The molecule has 0 atom stereocenters. The highest BCUT2D eigenvalue weighted by Gasteiger charge is 2.09. The van der Waals surface area contributed by atoms with Crippen LogP contribution in [0.4, 0.5) is 0 Å². The van der Waals surface area contributed by atoms with Gasteiger partial charge in [0, 0.05) is 6.42 Å². The summed E-state index contributed by atoms with van der Waals surface area (Å²) in [5, 5.41) is 0. The molecule has 0 saturated heterocycles. The molecule has 0 amide bonds. The van der Waals surface area contributed by atoms with Crippen molar-refractivity contribution in [3.8, 4) is 0 Å². The zero-order valence-electron chi connectivity index (χ0n) is 19.5. The Labute approximate surface area is 176 Å². The number of H-pyrrole nitrogens is 1. The Hall–Kier alpha value is -0.790. The summed E-state index contributed by atoms with van der Waals surface area (Å²) >= 11 is 0. The van der Waals surface area contributed by atoms with Crippen LogP contribution in [0.3, 0.4) is 0 Å². The number of hydrogen-bond donors (Lipinski definition) is 1. The van der Waals surface area contributed by atoms with E-state index < -0.39 is 0 Å². The fraction of sp³-hybridized carbons (Fsp3) is 0.885. The number of aromatic amines is 1. The van der Waals surface area contributed by atoms with E-state index in [1.807, 2.05) is 0 Å². The van der Waals surface area contributed by atoms with Crippen LogP contribution in [0.1, 0.15) is 142 Å². The first-order chi connectivity index (χ1) is 13.9. The van der Waals surface area contributed by atoms with Gasteiger partial charge in [-0.2, -0.15) is 0 Å². The fourth-order valence-corrected chi connectivity index (χ4v) is 4.19. The van der Waals surface area contributed by atoms with E-state index in [9.17, 15) is 0 Å². The van der Waals surface area contributed by atoms with Gasteiger partial charge in [0.25, 0.3) is 5.82 Å². The number of imidazole rings is 1. The molecule has 28 heavy (non-hydrogen) atoms. The summed E-state index contributed by atoms with van der Waals surface area (Å²) < 4.78 is 2.47. The third kappa shape index (κ3) is 14.2. The lowest BCUT2D eigenvalue weighted by Gasteiger charge is -2.04. The first kappa shape index (κ1) is 25.2. The molecular weight excluding hydrogens is 340 g/mol. The second-order valence-electron chi connectivity index (χ2n) is 8.86. The van der Waals surface area contributed by atoms with Crippen LogP contribution in [0, 0.1) is 0 Å². The Kier molecular flexibility index (Phi) is 17.6. The summed E-state index contributed by atoms with van der Waals surface area (Å²) in [6.45, 7) is 5.79. The zero-order chi connectivity index (χ0) is 20.1. The smallest absolute Gasteiger partial charge is 0.248 e. The second-order valence-corrected chi connectivity index (χ2v) is 8.86. The first-order valence-corrected chi connectivity index (χ1v) is 12.9. The van der Waals surface area contributed by atoms with Gasteiger partial charge in [-0.05, 0) is 19.3 Å². The molecule has 0 aliphatic heterocycles. The number of hydrogen-bond acceptors (Lipinski definition) is 0. The quantitative estimate of drug-likeness (QED) is 0.161. The molecule has 1 N–H and O–H groups in total. The van der Waals surface area contributed by atoms with Crippen molar-refractivity contribution in [3.63, 3.8) is 0 Å². The Morgan fingerprint density at radius 2 is 1.00 bits per heavy atom. The van der Waals surface area contributed by atoms with Crippen LogP contribution in [0.2, 0.25) is 0 Å². The monoisotopic (exact) mass is 391 g/mol. The van der Waals surface area contributed by atoms with Gasteiger partial charge in [-0.25, -0.2) is 9.55 Å². The number of rotatable bonds is 21. The van der Waals surface area contributed by atoms with Crippen molar-refractivity contribution in [3.05, 3.63) is 18.2 Å². The van der Waals surface area contributed by atoms with Crippen LogP contribution in [0.25, 0.3) is 0 Å². The van der Waals surface area contributed by atoms with Crippen LogP contribution < -0.4 is 4.57 Å². The first-order valence-electron chi connectivity index (χ1n) is 12.9. The van der Waals surface area contributed by atoms with Gasteiger partial charge in [0.05, 0.1) is 6.54 Å². The summed E-state index contributed by atoms with van der Waals surface area (Å²) in [4.78, 5) is 3.48. The highest BCUT2D eigenvalue weighted by molar-refractivity contribution is 4.77. The minimum absolute atomic E-state index is 1.20. The second kappa shape index (κ2) is 19.5. The van der Waals surface area contributed by atoms with Gasteiger partial charge in [0.15, 0.2) is 0 Å². The predicted molar refractivity (Wildman–Crippen MR) is 124 cm³/mol. The molecule has 0 bridgehead atoms. The van der Waals surface area contributed by atoms with Gasteiger partial charge in [0.2, 0.25) is 0 Å². The van der Waals surface area contributed by atoms with Crippen LogP contribution >= 0.6 is 0 Å². The molecule has 0 aliphatic rings. The van der Waals surface area contributed by atoms with Crippen molar-refractivity contribution in [2.24, 2.45) is 0 Å². The van der Waals surface area contributed by atoms with E-state index in [4.69, 9.17) is 0 Å². The molecule has 0 fully saturated rings. The highest BCUT2D eigenvalue weighted by atomic mass is 15.1. The van der Waals surface area contributed by atoms with E-state index >= 15 is 0 Å². The summed E-state index contributed by atoms with van der Waals surface area (Å²) in [5.41, 5.74) is 0. The molecular formula is C26H51N2+. The minimum atomic E-state index is 1.20. The molecule has 2 heteroatoms. The van der Waals surface area contributed by atoms with E-state index in [0.29, 0.717) is 0 Å². The van der Waals surface area contributed by atoms with Crippen LogP contribution in [-0.4, -0.2) is 4.98 Å². The third-order valence-electron chi connectivity index (χ3n) is 6.12. The molecule has 1 heterocycles. The topological polar surface area (TPSA) is 19.7 Å². The van der Waals surface area contributed by atoms with E-state index in [0.717, 1.165) is 0 Å². The predicted octanol–water partition coefficient (Wildman–Crippen LogP) is 8.30. The Bertz CT molecular complexity index is 424. The number of nitrogens with zero attached hydrogens (tertiary/aromatic N) is 1. The van der Waals surface area contributed by atoms with Crippen molar-refractivity contribution in [2.75, 3.05) is 0 Å². The van der Waals surface area contributed by atoms with Crippen molar-refractivity contribution in [1.29, 1.82) is 0 Å². The molecule has 0 spiro atoms. The lowest BCUT2D eigenvalue weighted by atomic mass is 10.1. The van der Waals surface area contributed by atoms with E-state index in [-0.39, 0.29) is 0 Å². The van der Waals surface area contributed by atoms with Crippen LogP contribution in [-0.2, 0) is 13.0 Å². The van der Waals surface area contributed by atoms with Gasteiger partial charge in [-0.1, -0.05) is 117 Å². The lowest BCUT2D eigenvalue weighted by molar-refractivity contribution is -0.703. The summed E-state index contributed by atoms with van der Waals surface area (Å²) in [6.07, 6.45) is 32.5. The van der Waals surface area contributed by atoms with Crippen LogP contribution in [0.5, 0.6) is 0 Å². The molecule has 0 saturated carbocycles. The molecule has 0 aliphatic carbocycles. The lowest BCUT2D eigenvalue weighted by Crippen LogP contribution is -2.36. The molecule has 0 unspecified atom stereocenters. The Balaban J connectivity index is 1.95. The number of aryl methyl sites for hydroxylation is 2. The van der Waals surface area contributed by atoms with Crippen molar-refractivity contribution >= 4 is 0 Å². The van der Waals surface area contributed by atoms with Crippen molar-refractivity contribution < 1.29 is 4.57 Å². The fourth-order valence-electron chi connectivity index (χ4n) is 4.19. The minimum Gasteiger partial charge on any atom is -0.248 e. The summed E-state index contributed by atoms with van der Waals surface area (Å²) in [6, 6.07) is 0. The SMILES string of the molecule is CCCCCCCCCCCC[n+]1cc[nH]c1CCCCCCCCCCC. The molecule has 0 aromatic carbocycles. The van der Waals surface area contributed by atoms with Gasteiger partial charge in [-0.15, -0.1) is 0 Å². The van der Waals surface area contributed by atoms with Gasteiger partial charge in [-0.3, -0.25) is 0 Å². The molecule has 1 aromatic rings.